The molecule has 2 aromatic rings. The molecule has 0 aliphatic heterocycles. The van der Waals surface area contributed by atoms with Crippen molar-refractivity contribution in [3.8, 4) is 0 Å². The maximum absolute atomic E-state index is 12.1. The Morgan fingerprint density at radius 1 is 1.42 bits per heavy atom. The molecule has 0 unspecified atom stereocenters. The van der Waals surface area contributed by atoms with E-state index in [2.05, 4.69) is 15.5 Å². The number of rotatable bonds is 7. The molecule has 0 fully saturated rings. The molecule has 2 N–H and O–H groups in total. The molecule has 19 heavy (non-hydrogen) atoms. The van der Waals surface area contributed by atoms with Crippen molar-refractivity contribution in [3.05, 3.63) is 30.0 Å². The maximum atomic E-state index is 12.1. The summed E-state index contributed by atoms with van der Waals surface area (Å²) in [5.74, 6) is 0. The van der Waals surface area contributed by atoms with Gasteiger partial charge in [-0.05, 0) is 12.6 Å². The van der Waals surface area contributed by atoms with Crippen molar-refractivity contribution >= 4 is 10.9 Å². The fraction of sp³-hybridized carbons (Fsp3) is 0.462. The first-order valence-electron chi connectivity index (χ1n) is 6.25. The van der Waals surface area contributed by atoms with Crippen LogP contribution in [0.2, 0.25) is 0 Å². The number of nitrogens with zero attached hydrogens (tertiary/aromatic N) is 2. The molecule has 1 aromatic heterocycles. The molecular formula is C13H18F2N4. The Hall–Kier alpha value is -1.53. The van der Waals surface area contributed by atoms with Crippen LogP contribution in [-0.2, 0) is 6.54 Å². The lowest BCUT2D eigenvalue weighted by molar-refractivity contribution is 0.101. The summed E-state index contributed by atoms with van der Waals surface area (Å²) in [4.78, 5) is 1.62. The van der Waals surface area contributed by atoms with E-state index < -0.39 is 6.43 Å². The van der Waals surface area contributed by atoms with Crippen molar-refractivity contribution in [2.24, 2.45) is 0 Å². The quantitative estimate of drug-likeness (QED) is 0.753. The van der Waals surface area contributed by atoms with Crippen LogP contribution < -0.4 is 5.32 Å². The normalized spacial score (nSPS) is 11.8. The number of hydrogen-bond acceptors (Lipinski definition) is 3. The summed E-state index contributed by atoms with van der Waals surface area (Å²) in [6, 6.07) is 6.01. The minimum atomic E-state index is -2.27. The van der Waals surface area contributed by atoms with Gasteiger partial charge in [0.05, 0.1) is 18.3 Å². The van der Waals surface area contributed by atoms with E-state index in [1.165, 1.54) is 0 Å². The first-order valence-corrected chi connectivity index (χ1v) is 6.25. The number of halogens is 2. The van der Waals surface area contributed by atoms with E-state index in [1.54, 1.807) is 18.1 Å². The number of H-pyrrole nitrogens is 1. The molecule has 0 spiro atoms. The van der Waals surface area contributed by atoms with Crippen molar-refractivity contribution in [1.82, 2.24) is 20.4 Å². The smallest absolute Gasteiger partial charge is 0.251 e. The molecule has 0 saturated carbocycles. The molecule has 1 aromatic carbocycles. The van der Waals surface area contributed by atoms with Crippen LogP contribution in [0.15, 0.2) is 24.4 Å². The fourth-order valence-corrected chi connectivity index (χ4v) is 2.00. The largest absolute Gasteiger partial charge is 0.311 e. The number of aromatic nitrogens is 2. The highest BCUT2D eigenvalue weighted by Gasteiger charge is 2.07. The number of fused-ring (bicyclic) bond motifs is 1. The van der Waals surface area contributed by atoms with E-state index in [9.17, 15) is 8.78 Å². The third-order valence-corrected chi connectivity index (χ3v) is 3.00. The minimum absolute atomic E-state index is 0.183. The highest BCUT2D eigenvalue weighted by atomic mass is 19.3. The summed E-state index contributed by atoms with van der Waals surface area (Å²) in [6.07, 6.45) is -0.487. The Morgan fingerprint density at radius 2 is 2.26 bits per heavy atom. The number of hydrogen-bond donors (Lipinski definition) is 2. The van der Waals surface area contributed by atoms with Crippen LogP contribution in [0.5, 0.6) is 0 Å². The Bertz CT molecular complexity index is 512. The number of benzene rings is 1. The molecule has 0 atom stereocenters. The number of likely N-dealkylation sites (N-methyl/N-ethyl adjacent to an activating group) is 1. The number of para-hydroxylation sites is 1. The van der Waals surface area contributed by atoms with Crippen LogP contribution in [0.3, 0.4) is 0 Å². The molecule has 2 rings (SSSR count). The van der Waals surface area contributed by atoms with Crippen molar-refractivity contribution < 1.29 is 8.78 Å². The fourth-order valence-electron chi connectivity index (χ4n) is 2.00. The van der Waals surface area contributed by atoms with Gasteiger partial charge in [-0.3, -0.25) is 10.00 Å². The van der Waals surface area contributed by atoms with Gasteiger partial charge >= 0.3 is 0 Å². The van der Waals surface area contributed by atoms with Gasteiger partial charge < -0.3 is 5.32 Å². The first kappa shape index (κ1) is 13.9. The number of aromatic amines is 1. The number of nitrogens with one attached hydrogen (secondary N) is 2. The van der Waals surface area contributed by atoms with E-state index in [1.807, 2.05) is 18.2 Å². The standard InChI is InChI=1S/C13H18F2N4/c1-19(9-12(14)15)6-5-16-7-10-3-2-4-11-8-17-18-13(10)11/h2-4,8,12,16H,5-7,9H2,1H3,(H,17,18). The van der Waals surface area contributed by atoms with Gasteiger partial charge in [0.1, 0.15) is 0 Å². The summed E-state index contributed by atoms with van der Waals surface area (Å²) >= 11 is 0. The average molecular weight is 268 g/mol. The first-order chi connectivity index (χ1) is 9.16. The van der Waals surface area contributed by atoms with Gasteiger partial charge in [0.2, 0.25) is 0 Å². The van der Waals surface area contributed by atoms with Gasteiger partial charge in [0.25, 0.3) is 6.43 Å². The SMILES string of the molecule is CN(CCNCc1cccc2cn[nH]c12)CC(F)F. The van der Waals surface area contributed by atoms with Crippen molar-refractivity contribution in [3.63, 3.8) is 0 Å². The maximum Gasteiger partial charge on any atom is 0.251 e. The van der Waals surface area contributed by atoms with Crippen LogP contribution in [0.25, 0.3) is 10.9 Å². The van der Waals surface area contributed by atoms with Gasteiger partial charge in [-0.25, -0.2) is 8.78 Å². The molecule has 0 aliphatic rings. The third kappa shape index (κ3) is 3.97. The molecule has 1 heterocycles. The van der Waals surface area contributed by atoms with Crippen molar-refractivity contribution in [2.75, 3.05) is 26.7 Å². The Balaban J connectivity index is 1.78. The summed E-state index contributed by atoms with van der Waals surface area (Å²) in [7, 11) is 1.70. The summed E-state index contributed by atoms with van der Waals surface area (Å²) in [5.41, 5.74) is 2.16. The van der Waals surface area contributed by atoms with Gasteiger partial charge in [-0.15, -0.1) is 0 Å². The van der Waals surface area contributed by atoms with Crippen LogP contribution in [0, 0.1) is 0 Å². The average Bonchev–Trinajstić information content (AvgIpc) is 2.82. The molecule has 0 bridgehead atoms. The molecule has 4 nitrogen and oxygen atoms in total. The van der Waals surface area contributed by atoms with E-state index >= 15 is 0 Å². The van der Waals surface area contributed by atoms with Crippen molar-refractivity contribution in [1.29, 1.82) is 0 Å². The van der Waals surface area contributed by atoms with Crippen LogP contribution >= 0.6 is 0 Å². The van der Waals surface area contributed by atoms with Gasteiger partial charge in [0.15, 0.2) is 0 Å². The van der Waals surface area contributed by atoms with Crippen LogP contribution in [-0.4, -0.2) is 48.2 Å². The molecule has 0 saturated heterocycles. The minimum Gasteiger partial charge on any atom is -0.311 e. The van der Waals surface area contributed by atoms with Crippen LogP contribution in [0.1, 0.15) is 5.56 Å². The Morgan fingerprint density at radius 3 is 3.05 bits per heavy atom. The van der Waals surface area contributed by atoms with Gasteiger partial charge in [-0.1, -0.05) is 18.2 Å². The van der Waals surface area contributed by atoms with Gasteiger partial charge in [-0.2, -0.15) is 5.10 Å². The molecular weight excluding hydrogens is 250 g/mol. The second-order valence-electron chi connectivity index (χ2n) is 4.58. The second kappa shape index (κ2) is 6.58. The van der Waals surface area contributed by atoms with Crippen LogP contribution in [0.4, 0.5) is 8.78 Å². The highest BCUT2D eigenvalue weighted by Crippen LogP contribution is 2.14. The molecule has 6 heteroatoms. The molecule has 0 radical (unpaired) electrons. The topological polar surface area (TPSA) is 44.0 Å². The molecule has 0 aliphatic carbocycles. The highest BCUT2D eigenvalue weighted by molar-refractivity contribution is 5.81. The number of alkyl halides is 2. The Labute approximate surface area is 110 Å². The van der Waals surface area contributed by atoms with Gasteiger partial charge in [0, 0.05) is 25.0 Å². The lowest BCUT2D eigenvalue weighted by Crippen LogP contribution is -2.32. The Kier molecular flexibility index (Phi) is 4.81. The summed E-state index contributed by atoms with van der Waals surface area (Å²) < 4.78 is 24.3. The van der Waals surface area contributed by atoms with E-state index in [0.717, 1.165) is 16.5 Å². The lowest BCUT2D eigenvalue weighted by Gasteiger charge is -2.16. The predicted octanol–water partition coefficient (Wildman–Crippen LogP) is 1.85. The van der Waals surface area contributed by atoms with E-state index in [-0.39, 0.29) is 6.54 Å². The second-order valence-corrected chi connectivity index (χ2v) is 4.58. The van der Waals surface area contributed by atoms with Crippen molar-refractivity contribution in [2.45, 2.75) is 13.0 Å². The molecule has 104 valence electrons. The molecule has 0 amide bonds. The lowest BCUT2D eigenvalue weighted by atomic mass is 10.1. The summed E-state index contributed by atoms with van der Waals surface area (Å²) in [6.45, 7) is 1.79. The van der Waals surface area contributed by atoms with E-state index in [0.29, 0.717) is 19.6 Å². The third-order valence-electron chi connectivity index (χ3n) is 3.00. The van der Waals surface area contributed by atoms with E-state index in [4.69, 9.17) is 0 Å². The zero-order valence-corrected chi connectivity index (χ0v) is 10.9. The summed E-state index contributed by atoms with van der Waals surface area (Å²) in [5, 5.41) is 11.3. The zero-order chi connectivity index (χ0) is 13.7. The predicted molar refractivity (Wildman–Crippen MR) is 71.3 cm³/mol. The monoisotopic (exact) mass is 268 g/mol. The zero-order valence-electron chi connectivity index (χ0n) is 10.9.